The molecule has 8 nitrogen and oxygen atoms in total. The molecule has 3 aromatic rings. The van der Waals surface area contributed by atoms with E-state index in [0.29, 0.717) is 56.2 Å². The third-order valence-corrected chi connectivity index (χ3v) is 7.46. The number of hydrogen-bond acceptors (Lipinski definition) is 8. The molecule has 5 rings (SSSR count). The van der Waals surface area contributed by atoms with E-state index in [-0.39, 0.29) is 24.1 Å². The summed E-state index contributed by atoms with van der Waals surface area (Å²) in [5.41, 5.74) is 0.468. The normalized spacial score (nSPS) is 20.5. The molecule has 1 atom stereocenters. The van der Waals surface area contributed by atoms with Crippen LogP contribution in [-0.4, -0.2) is 51.6 Å². The maximum Gasteiger partial charge on any atom is 0.259 e. The van der Waals surface area contributed by atoms with Gasteiger partial charge in [0.15, 0.2) is 0 Å². The second kappa shape index (κ2) is 9.59. The quantitative estimate of drug-likeness (QED) is 0.471. The van der Waals surface area contributed by atoms with E-state index >= 15 is 0 Å². The lowest BCUT2D eigenvalue weighted by Gasteiger charge is -2.52. The van der Waals surface area contributed by atoms with Crippen LogP contribution in [0.2, 0.25) is 0 Å². The summed E-state index contributed by atoms with van der Waals surface area (Å²) in [5.74, 6) is 0.926. The summed E-state index contributed by atoms with van der Waals surface area (Å²) >= 11 is 0. The Hall–Kier alpha value is -2.36. The monoisotopic (exact) mass is 500 g/mol. The van der Waals surface area contributed by atoms with Crippen LogP contribution in [0.4, 0.5) is 0 Å². The van der Waals surface area contributed by atoms with Crippen molar-refractivity contribution in [2.24, 2.45) is 5.41 Å². The van der Waals surface area contributed by atoms with Crippen molar-refractivity contribution in [3.63, 3.8) is 0 Å². The Morgan fingerprint density at radius 1 is 1.06 bits per heavy atom. The Morgan fingerprint density at radius 2 is 1.74 bits per heavy atom. The van der Waals surface area contributed by atoms with E-state index in [2.05, 4.69) is 53.3 Å². The molecule has 0 aliphatic carbocycles. The molecule has 9 heteroatoms. The Bertz CT molecular complexity index is 1160. The molecule has 0 spiro atoms. The number of ether oxygens (including phenoxy) is 1. The maximum absolute atomic E-state index is 12.3. The van der Waals surface area contributed by atoms with Crippen molar-refractivity contribution in [2.45, 2.75) is 50.7 Å². The van der Waals surface area contributed by atoms with E-state index in [4.69, 9.17) is 9.26 Å². The summed E-state index contributed by atoms with van der Waals surface area (Å²) in [4.78, 5) is 8.90. The summed E-state index contributed by atoms with van der Waals surface area (Å²) < 4.78 is 10.9. The molecule has 2 aromatic heterocycles. The highest BCUT2D eigenvalue weighted by atomic mass is 35.5. The zero-order valence-corrected chi connectivity index (χ0v) is 21.1. The second-order valence-electron chi connectivity index (χ2n) is 10.2. The summed E-state index contributed by atoms with van der Waals surface area (Å²) in [6, 6.07) is 10.0. The first kappa shape index (κ1) is 25.7. The second-order valence-corrected chi connectivity index (χ2v) is 10.2. The third kappa shape index (κ3) is 4.38. The van der Waals surface area contributed by atoms with Gasteiger partial charge in [-0.25, -0.2) is 0 Å². The van der Waals surface area contributed by atoms with Crippen LogP contribution in [0.3, 0.4) is 0 Å². The Labute approximate surface area is 211 Å². The molecular weight excluding hydrogens is 468 g/mol. The van der Waals surface area contributed by atoms with E-state index in [1.54, 1.807) is 12.4 Å². The minimum absolute atomic E-state index is 0. The van der Waals surface area contributed by atoms with E-state index in [9.17, 15) is 10.2 Å². The standard InChI is InChI=1S/C26H32N4O4.ClH/c1-17(2)18-4-6-20(7-5-18)26(32,24(3)15-28-16-24)21-12-19(13-27-14-21)22-29-23(30-34-22)25(31)8-10-33-11-9-25;/h4-7,12-14,17,28,31-32H,8-11,15-16H2,1-3H3;1H/t26-;/m0./s1. The third-order valence-electron chi connectivity index (χ3n) is 7.46. The number of benzene rings is 1. The molecule has 35 heavy (non-hydrogen) atoms. The number of nitrogens with zero attached hydrogens (tertiary/aromatic N) is 3. The van der Waals surface area contributed by atoms with Crippen LogP contribution in [-0.2, 0) is 15.9 Å². The first-order chi connectivity index (χ1) is 16.3. The molecule has 0 amide bonds. The predicted molar refractivity (Wildman–Crippen MR) is 133 cm³/mol. The highest BCUT2D eigenvalue weighted by Crippen LogP contribution is 2.48. The molecule has 0 saturated carbocycles. The fourth-order valence-electron chi connectivity index (χ4n) is 4.95. The van der Waals surface area contributed by atoms with E-state index in [1.807, 2.05) is 18.2 Å². The lowest BCUT2D eigenvalue weighted by molar-refractivity contribution is -0.0769. The van der Waals surface area contributed by atoms with Crippen LogP contribution in [0.25, 0.3) is 11.5 Å². The highest BCUT2D eigenvalue weighted by molar-refractivity contribution is 5.85. The fraction of sp³-hybridized carbons (Fsp3) is 0.500. The smallest absolute Gasteiger partial charge is 0.259 e. The molecule has 4 heterocycles. The van der Waals surface area contributed by atoms with Crippen molar-refractivity contribution in [2.75, 3.05) is 26.3 Å². The Balaban J connectivity index is 0.00000289. The number of nitrogens with one attached hydrogen (secondary N) is 1. The van der Waals surface area contributed by atoms with Gasteiger partial charge in [-0.1, -0.05) is 50.2 Å². The summed E-state index contributed by atoms with van der Waals surface area (Å²) in [7, 11) is 0. The van der Waals surface area contributed by atoms with Gasteiger partial charge in [-0.2, -0.15) is 4.98 Å². The van der Waals surface area contributed by atoms with E-state index in [1.165, 1.54) is 5.56 Å². The molecule has 2 aliphatic rings. The van der Waals surface area contributed by atoms with Crippen LogP contribution in [0.1, 0.15) is 62.0 Å². The minimum Gasteiger partial charge on any atom is -0.382 e. The summed E-state index contributed by atoms with van der Waals surface area (Å²) in [6.07, 6.45) is 4.18. The van der Waals surface area contributed by atoms with Crippen molar-refractivity contribution in [3.8, 4) is 11.5 Å². The molecule has 3 N–H and O–H groups in total. The van der Waals surface area contributed by atoms with Crippen molar-refractivity contribution in [3.05, 3.63) is 65.2 Å². The van der Waals surface area contributed by atoms with Crippen LogP contribution < -0.4 is 5.32 Å². The van der Waals surface area contributed by atoms with Crippen LogP contribution in [0.15, 0.2) is 47.2 Å². The van der Waals surface area contributed by atoms with Crippen molar-refractivity contribution >= 4 is 12.4 Å². The lowest BCUT2D eigenvalue weighted by atomic mass is 9.63. The average Bonchev–Trinajstić information content (AvgIpc) is 3.34. The molecule has 0 bridgehead atoms. The molecular formula is C26H33ClN4O4. The van der Waals surface area contributed by atoms with Gasteiger partial charge < -0.3 is 24.8 Å². The molecule has 0 unspecified atom stereocenters. The number of aliphatic hydroxyl groups is 2. The number of hydrogen-bond donors (Lipinski definition) is 3. The van der Waals surface area contributed by atoms with Gasteiger partial charge in [0.05, 0.1) is 5.56 Å². The zero-order valence-electron chi connectivity index (χ0n) is 20.3. The van der Waals surface area contributed by atoms with Crippen molar-refractivity contribution < 1.29 is 19.5 Å². The van der Waals surface area contributed by atoms with Gasteiger partial charge in [-0.3, -0.25) is 4.98 Å². The van der Waals surface area contributed by atoms with Crippen molar-refractivity contribution in [1.29, 1.82) is 0 Å². The Morgan fingerprint density at radius 3 is 2.34 bits per heavy atom. The molecule has 2 fully saturated rings. The van der Waals surface area contributed by atoms with E-state index < -0.39 is 16.6 Å². The number of aromatic nitrogens is 3. The molecule has 0 radical (unpaired) electrons. The number of pyridine rings is 1. The predicted octanol–water partition coefficient (Wildman–Crippen LogP) is 3.52. The first-order valence-electron chi connectivity index (χ1n) is 11.9. The molecule has 2 aliphatic heterocycles. The van der Waals surface area contributed by atoms with Crippen LogP contribution in [0.5, 0.6) is 0 Å². The summed E-state index contributed by atoms with van der Waals surface area (Å²) in [5, 5.41) is 30.6. The zero-order chi connectivity index (χ0) is 24.0. The average molecular weight is 501 g/mol. The largest absolute Gasteiger partial charge is 0.382 e. The van der Waals surface area contributed by atoms with Gasteiger partial charge in [0, 0.05) is 62.5 Å². The molecule has 188 valence electrons. The van der Waals surface area contributed by atoms with Gasteiger partial charge >= 0.3 is 0 Å². The highest BCUT2D eigenvalue weighted by Gasteiger charge is 2.53. The van der Waals surface area contributed by atoms with E-state index in [0.717, 1.165) is 5.56 Å². The van der Waals surface area contributed by atoms with Crippen molar-refractivity contribution in [1.82, 2.24) is 20.4 Å². The maximum atomic E-state index is 12.3. The Kier molecular flexibility index (Phi) is 7.05. The van der Waals surface area contributed by atoms with Gasteiger partial charge in [0.1, 0.15) is 11.2 Å². The van der Waals surface area contributed by atoms with Gasteiger partial charge in [-0.15, -0.1) is 12.4 Å². The fourth-order valence-corrected chi connectivity index (χ4v) is 4.95. The topological polar surface area (TPSA) is 114 Å². The summed E-state index contributed by atoms with van der Waals surface area (Å²) in [6.45, 7) is 8.65. The number of rotatable bonds is 6. The van der Waals surface area contributed by atoms with Gasteiger partial charge in [0.2, 0.25) is 5.82 Å². The van der Waals surface area contributed by atoms with Gasteiger partial charge in [-0.05, 0) is 23.1 Å². The lowest BCUT2D eigenvalue weighted by Crippen LogP contribution is -2.63. The minimum atomic E-state index is -1.27. The van der Waals surface area contributed by atoms with Crippen LogP contribution in [0, 0.1) is 5.41 Å². The first-order valence-corrected chi connectivity index (χ1v) is 11.9. The number of halogens is 1. The molecule has 2 saturated heterocycles. The van der Waals surface area contributed by atoms with Gasteiger partial charge in [0.25, 0.3) is 5.89 Å². The molecule has 1 aromatic carbocycles. The van der Waals surface area contributed by atoms with Crippen LogP contribution >= 0.6 is 12.4 Å². The SMILES string of the molecule is CC(C)c1ccc([C@](O)(c2cncc(-c3nc(C4(O)CCOCC4)no3)c2)C2(C)CNC2)cc1.Cl.